The Morgan fingerprint density at radius 2 is 1.02 bits per heavy atom. The fourth-order valence-corrected chi connectivity index (χ4v) is 6.38. The van der Waals surface area contributed by atoms with Gasteiger partial charge in [-0.3, -0.25) is 13.8 Å². The number of aliphatic hydroxyl groups excluding tert-OH is 1. The van der Waals surface area contributed by atoms with Crippen molar-refractivity contribution < 1.29 is 32.9 Å². The number of phosphoric ester groups is 1. The molecule has 3 unspecified atom stereocenters. The summed E-state index contributed by atoms with van der Waals surface area (Å²) >= 11 is 0. The first-order chi connectivity index (χ1) is 28.5. The smallest absolute Gasteiger partial charge is 0.387 e. The number of aliphatic hydroxyl groups is 1. The second-order valence-corrected chi connectivity index (χ2v) is 17.5. The molecule has 3 N–H and O–H groups in total. The van der Waals surface area contributed by atoms with Crippen molar-refractivity contribution in [3.8, 4) is 0 Å². The molecular formula is C50H86N2O6P+. The molecule has 0 aliphatic carbocycles. The van der Waals surface area contributed by atoms with Crippen molar-refractivity contribution in [2.24, 2.45) is 0 Å². The van der Waals surface area contributed by atoms with Gasteiger partial charge in [-0.25, -0.2) is 4.57 Å². The number of quaternary nitrogens is 1. The Hall–Kier alpha value is -2.84. The Kier molecular flexibility index (Phi) is 38.6. The summed E-state index contributed by atoms with van der Waals surface area (Å²) in [6.07, 6.45) is 58.8. The standard InChI is InChI=1S/C50H85N2O6P/c1-6-8-10-12-14-16-18-19-20-21-22-23-24-25-26-27-28-29-30-31-32-33-34-36-38-40-42-44-50(54)51-48(47-58-59(55,56)57-46-45-52(3,4)5)49(53)43-41-39-37-35-17-15-13-11-9-7-2/h8,10,14,16,19-20,22-23,25-26,28-29,31-32,34,36,41,43,48-49,53H,6-7,9,11-13,15,17-18,21,24,27,30,33,35,37-40,42,44-47H2,1-5H3,(H-,51,54,55,56)/p+1/b10-8-,16-14-,20-19-,23-22-,26-25-,29-28-,32-31-,36-34-,43-41+. The average molecular weight is 842 g/mol. The molecule has 0 saturated carbocycles. The van der Waals surface area contributed by atoms with E-state index in [9.17, 15) is 19.4 Å². The predicted octanol–water partition coefficient (Wildman–Crippen LogP) is 12.9. The van der Waals surface area contributed by atoms with E-state index in [4.69, 9.17) is 9.05 Å². The maximum absolute atomic E-state index is 12.8. The molecule has 0 aromatic rings. The van der Waals surface area contributed by atoms with Gasteiger partial charge in [0.15, 0.2) is 0 Å². The van der Waals surface area contributed by atoms with Crippen molar-refractivity contribution in [1.82, 2.24) is 5.32 Å². The van der Waals surface area contributed by atoms with Gasteiger partial charge in [-0.05, 0) is 83.5 Å². The summed E-state index contributed by atoms with van der Waals surface area (Å²) in [6, 6.07) is -0.876. The van der Waals surface area contributed by atoms with Gasteiger partial charge in [0.1, 0.15) is 13.2 Å². The van der Waals surface area contributed by atoms with Gasteiger partial charge in [0.25, 0.3) is 0 Å². The van der Waals surface area contributed by atoms with E-state index >= 15 is 0 Å². The molecular weight excluding hydrogens is 756 g/mol. The lowest BCUT2D eigenvalue weighted by Gasteiger charge is -2.25. The molecule has 0 aliphatic heterocycles. The molecule has 0 rings (SSSR count). The van der Waals surface area contributed by atoms with Crippen LogP contribution in [0.25, 0.3) is 0 Å². The van der Waals surface area contributed by atoms with E-state index in [1.807, 2.05) is 27.2 Å². The minimum absolute atomic E-state index is 0.0461. The number of nitrogens with zero attached hydrogens (tertiary/aromatic N) is 1. The molecule has 0 aromatic carbocycles. The number of hydrogen-bond donors (Lipinski definition) is 3. The van der Waals surface area contributed by atoms with E-state index in [-0.39, 0.29) is 19.1 Å². The van der Waals surface area contributed by atoms with E-state index in [1.165, 1.54) is 38.5 Å². The molecule has 0 aliphatic rings. The van der Waals surface area contributed by atoms with Gasteiger partial charge in [0.2, 0.25) is 5.91 Å². The number of allylic oxidation sites excluding steroid dienone is 17. The molecule has 0 aromatic heterocycles. The molecule has 3 atom stereocenters. The number of hydrogen-bond acceptors (Lipinski definition) is 5. The molecule has 8 nitrogen and oxygen atoms in total. The number of amides is 1. The first-order valence-corrected chi connectivity index (χ1v) is 24.3. The zero-order valence-electron chi connectivity index (χ0n) is 37.9. The van der Waals surface area contributed by atoms with Crippen molar-refractivity contribution in [3.63, 3.8) is 0 Å². The van der Waals surface area contributed by atoms with Crippen molar-refractivity contribution >= 4 is 13.7 Å². The van der Waals surface area contributed by atoms with Crippen molar-refractivity contribution in [2.75, 3.05) is 40.9 Å². The highest BCUT2D eigenvalue weighted by molar-refractivity contribution is 7.47. The minimum atomic E-state index is -4.35. The van der Waals surface area contributed by atoms with E-state index < -0.39 is 20.0 Å². The van der Waals surface area contributed by atoms with Crippen LogP contribution in [0.5, 0.6) is 0 Å². The Balaban J connectivity index is 4.41. The predicted molar refractivity (Wildman–Crippen MR) is 253 cm³/mol. The lowest BCUT2D eigenvalue weighted by atomic mass is 10.1. The number of carbonyl (C=O) groups is 1. The van der Waals surface area contributed by atoms with Crippen LogP contribution < -0.4 is 5.32 Å². The fourth-order valence-electron chi connectivity index (χ4n) is 5.64. The summed E-state index contributed by atoms with van der Waals surface area (Å²) in [4.78, 5) is 23.1. The molecule has 9 heteroatoms. The summed E-state index contributed by atoms with van der Waals surface area (Å²) in [6.45, 7) is 4.61. The fraction of sp³-hybridized carbons (Fsp3) is 0.620. The van der Waals surface area contributed by atoms with Crippen LogP contribution in [0, 0.1) is 0 Å². The lowest BCUT2D eigenvalue weighted by molar-refractivity contribution is -0.870. The summed E-state index contributed by atoms with van der Waals surface area (Å²) in [7, 11) is 1.52. The van der Waals surface area contributed by atoms with E-state index in [0.717, 1.165) is 83.5 Å². The zero-order valence-corrected chi connectivity index (χ0v) is 38.8. The summed E-state index contributed by atoms with van der Waals surface area (Å²) in [5.74, 6) is -0.228. The molecule has 0 radical (unpaired) electrons. The Morgan fingerprint density at radius 3 is 1.49 bits per heavy atom. The van der Waals surface area contributed by atoms with Gasteiger partial charge >= 0.3 is 7.82 Å². The quantitative estimate of drug-likeness (QED) is 0.0246. The SMILES string of the molecule is CC/C=C\C/C=C\C/C=C\C/C=C\C/C=C\C/C=C\C/C=C\C/C=C\CCCCC(=O)NC(COP(=O)(O)OCC[N+](C)(C)C)C(O)/C=C/CCCCCCCCCC. The minimum Gasteiger partial charge on any atom is -0.387 e. The Labute approximate surface area is 361 Å². The van der Waals surface area contributed by atoms with Crippen molar-refractivity contribution in [1.29, 1.82) is 0 Å². The van der Waals surface area contributed by atoms with Gasteiger partial charge in [0.05, 0.1) is 39.9 Å². The average Bonchev–Trinajstić information content (AvgIpc) is 3.19. The van der Waals surface area contributed by atoms with Gasteiger partial charge in [0, 0.05) is 6.42 Å². The van der Waals surface area contributed by atoms with Crippen LogP contribution in [-0.4, -0.2) is 73.4 Å². The Morgan fingerprint density at radius 1 is 0.593 bits per heavy atom. The molecule has 0 heterocycles. The normalized spacial score (nSPS) is 15.3. The molecule has 0 bridgehead atoms. The monoisotopic (exact) mass is 842 g/mol. The third-order valence-electron chi connectivity index (χ3n) is 9.25. The van der Waals surface area contributed by atoms with Crippen LogP contribution in [0.2, 0.25) is 0 Å². The van der Waals surface area contributed by atoms with Gasteiger partial charge in [-0.1, -0.05) is 168 Å². The zero-order chi connectivity index (χ0) is 43.6. The van der Waals surface area contributed by atoms with Crippen LogP contribution in [0.3, 0.4) is 0 Å². The second kappa shape index (κ2) is 40.6. The molecule has 59 heavy (non-hydrogen) atoms. The lowest BCUT2D eigenvalue weighted by Crippen LogP contribution is -2.45. The summed E-state index contributed by atoms with van der Waals surface area (Å²) in [5, 5.41) is 13.7. The summed E-state index contributed by atoms with van der Waals surface area (Å²) in [5.41, 5.74) is 0. The third-order valence-corrected chi connectivity index (χ3v) is 10.2. The first-order valence-electron chi connectivity index (χ1n) is 22.8. The topological polar surface area (TPSA) is 105 Å². The highest BCUT2D eigenvalue weighted by Crippen LogP contribution is 2.43. The van der Waals surface area contributed by atoms with E-state index in [0.29, 0.717) is 23.9 Å². The van der Waals surface area contributed by atoms with Crippen molar-refractivity contribution in [3.05, 3.63) is 109 Å². The maximum atomic E-state index is 12.8. The molecule has 336 valence electrons. The number of carbonyl (C=O) groups excluding carboxylic acids is 1. The number of nitrogens with one attached hydrogen (secondary N) is 1. The maximum Gasteiger partial charge on any atom is 0.472 e. The molecule has 0 spiro atoms. The number of likely N-dealkylation sites (N-methyl/N-ethyl adjacent to an activating group) is 1. The first kappa shape index (κ1) is 56.2. The molecule has 1 amide bonds. The molecule has 0 saturated heterocycles. The number of unbranched alkanes of at least 4 members (excludes halogenated alkanes) is 10. The van der Waals surface area contributed by atoms with Crippen molar-refractivity contribution in [2.45, 2.75) is 161 Å². The van der Waals surface area contributed by atoms with Gasteiger partial charge in [-0.15, -0.1) is 0 Å². The highest BCUT2D eigenvalue weighted by atomic mass is 31.2. The largest absolute Gasteiger partial charge is 0.472 e. The van der Waals surface area contributed by atoms with Crippen LogP contribution in [0.15, 0.2) is 109 Å². The van der Waals surface area contributed by atoms with E-state index in [1.54, 1.807) is 6.08 Å². The van der Waals surface area contributed by atoms with Crippen LogP contribution >= 0.6 is 7.82 Å². The molecule has 0 fully saturated rings. The van der Waals surface area contributed by atoms with Crippen LogP contribution in [0.1, 0.15) is 149 Å². The van der Waals surface area contributed by atoms with Gasteiger partial charge < -0.3 is 19.8 Å². The van der Waals surface area contributed by atoms with Crippen LogP contribution in [-0.2, 0) is 18.4 Å². The van der Waals surface area contributed by atoms with E-state index in [2.05, 4.69) is 116 Å². The second-order valence-electron chi connectivity index (χ2n) is 16.0. The Bertz CT molecular complexity index is 1320. The summed E-state index contributed by atoms with van der Waals surface area (Å²) < 4.78 is 23.5. The highest BCUT2D eigenvalue weighted by Gasteiger charge is 2.27. The number of phosphoric acid groups is 1. The number of rotatable bonds is 39. The van der Waals surface area contributed by atoms with Crippen LogP contribution in [0.4, 0.5) is 0 Å². The third kappa shape index (κ3) is 43.1. The van der Waals surface area contributed by atoms with Gasteiger partial charge in [-0.2, -0.15) is 0 Å².